The van der Waals surface area contributed by atoms with Gasteiger partial charge in [0.1, 0.15) is 5.70 Å². The van der Waals surface area contributed by atoms with Gasteiger partial charge in [-0.05, 0) is 44.1 Å². The lowest BCUT2D eigenvalue weighted by Gasteiger charge is -2.39. The molecule has 0 aromatic heterocycles. The fourth-order valence-corrected chi connectivity index (χ4v) is 4.55. The van der Waals surface area contributed by atoms with Crippen LogP contribution < -0.4 is 0 Å². The lowest BCUT2D eigenvalue weighted by Crippen LogP contribution is -2.48. The molecule has 0 bridgehead atoms. The average Bonchev–Trinajstić information content (AvgIpc) is 2.79. The molecule has 2 heterocycles. The summed E-state index contributed by atoms with van der Waals surface area (Å²) in [6, 6.07) is 10.5. The number of aliphatic hydroxyl groups is 1. The molecular weight excluding hydrogens is 258 g/mol. The zero-order valence-corrected chi connectivity index (χ0v) is 12.6. The number of aliphatic hydroxyl groups excluding tert-OH is 1. The molecule has 0 amide bonds. The van der Waals surface area contributed by atoms with E-state index in [-0.39, 0.29) is 0 Å². The number of hydrogen-bond acceptors (Lipinski definition) is 1. The van der Waals surface area contributed by atoms with E-state index in [1.54, 1.807) is 0 Å². The quantitative estimate of drug-likeness (QED) is 0.737. The van der Waals surface area contributed by atoms with Crippen molar-refractivity contribution in [2.45, 2.75) is 44.9 Å². The van der Waals surface area contributed by atoms with Crippen LogP contribution in [0, 0.1) is 0 Å². The van der Waals surface area contributed by atoms with Crippen LogP contribution in [-0.2, 0) is 0 Å². The summed E-state index contributed by atoms with van der Waals surface area (Å²) >= 11 is 0. The molecule has 3 aliphatic rings. The smallest absolute Gasteiger partial charge is 0.302 e. The molecule has 0 saturated carbocycles. The van der Waals surface area contributed by atoms with Crippen molar-refractivity contribution in [2.24, 2.45) is 0 Å². The first-order valence-corrected chi connectivity index (χ1v) is 8.42. The Kier molecular flexibility index (Phi) is 3.15. The first-order chi connectivity index (χ1) is 10.3. The van der Waals surface area contributed by atoms with Crippen molar-refractivity contribution in [1.29, 1.82) is 0 Å². The highest BCUT2D eigenvalue weighted by atomic mass is 16.3. The Hall–Kier alpha value is -1.54. The fourth-order valence-electron chi connectivity index (χ4n) is 4.55. The summed E-state index contributed by atoms with van der Waals surface area (Å²) in [4.78, 5) is 0. The van der Waals surface area contributed by atoms with E-state index in [0.29, 0.717) is 5.88 Å². The largest absolute Gasteiger partial charge is 0.467 e. The highest BCUT2D eigenvalue weighted by molar-refractivity contribution is 5.82. The normalized spacial score (nSPS) is 24.6. The van der Waals surface area contributed by atoms with Gasteiger partial charge in [0.15, 0.2) is 0 Å². The third-order valence-corrected chi connectivity index (χ3v) is 5.53. The van der Waals surface area contributed by atoms with Crippen molar-refractivity contribution < 1.29 is 9.59 Å². The van der Waals surface area contributed by atoms with Crippen LogP contribution in [-0.4, -0.2) is 22.7 Å². The van der Waals surface area contributed by atoms with Gasteiger partial charge in [-0.25, -0.2) is 4.48 Å². The summed E-state index contributed by atoms with van der Waals surface area (Å²) in [5.41, 5.74) is 5.36. The molecule has 1 saturated heterocycles. The van der Waals surface area contributed by atoms with Gasteiger partial charge in [0.05, 0.1) is 18.7 Å². The number of allylic oxidation sites excluding steroid dienone is 3. The van der Waals surface area contributed by atoms with E-state index in [0.717, 1.165) is 29.6 Å². The monoisotopic (exact) mass is 282 g/mol. The summed E-state index contributed by atoms with van der Waals surface area (Å²) in [6.45, 7) is 2.20. The second kappa shape index (κ2) is 5.03. The van der Waals surface area contributed by atoms with Crippen molar-refractivity contribution >= 4 is 5.57 Å². The molecule has 21 heavy (non-hydrogen) atoms. The number of rotatable bonds is 1. The first-order valence-electron chi connectivity index (χ1n) is 8.42. The van der Waals surface area contributed by atoms with Crippen LogP contribution in [0.5, 0.6) is 0 Å². The topological polar surface area (TPSA) is 20.2 Å². The zero-order valence-electron chi connectivity index (χ0n) is 12.6. The van der Waals surface area contributed by atoms with Crippen molar-refractivity contribution in [3.8, 4) is 0 Å². The highest BCUT2D eigenvalue weighted by Gasteiger charge is 2.49. The molecular formula is C19H24NO+. The predicted molar refractivity (Wildman–Crippen MR) is 85.3 cm³/mol. The fraction of sp³-hybridized carbons (Fsp3) is 0.474. The molecule has 1 spiro atoms. The predicted octanol–water partition coefficient (Wildman–Crippen LogP) is 4.76. The van der Waals surface area contributed by atoms with E-state index in [9.17, 15) is 5.11 Å². The third kappa shape index (κ3) is 1.89. The van der Waals surface area contributed by atoms with Crippen molar-refractivity contribution in [1.82, 2.24) is 0 Å². The maximum absolute atomic E-state index is 11.2. The van der Waals surface area contributed by atoms with E-state index >= 15 is 0 Å². The molecule has 2 nitrogen and oxygen atoms in total. The molecule has 2 heteroatoms. The molecule has 0 unspecified atom stereocenters. The Morgan fingerprint density at radius 3 is 2.29 bits per heavy atom. The lowest BCUT2D eigenvalue weighted by molar-refractivity contribution is -0.873. The standard InChI is InChI=1S/C19H23NO/c21-19-18(15-9-3-1-4-10-15)16-11-5-6-12-17(16)20(19)13-7-2-8-14-20/h1,3-4,9-10H,2,5-8,11-14H2/p+1. The van der Waals surface area contributed by atoms with E-state index in [2.05, 4.69) is 30.3 Å². The second-order valence-corrected chi connectivity index (χ2v) is 6.67. The SMILES string of the molecule is OC1=C(c2ccccc2)C2=C(CCCC2)[N+]12CCCCC2. The van der Waals surface area contributed by atoms with Crippen LogP contribution in [0.1, 0.15) is 50.5 Å². The Labute approximate surface area is 127 Å². The van der Waals surface area contributed by atoms with Gasteiger partial charge >= 0.3 is 5.88 Å². The maximum atomic E-state index is 11.2. The molecule has 1 fully saturated rings. The van der Waals surface area contributed by atoms with E-state index < -0.39 is 0 Å². The summed E-state index contributed by atoms with van der Waals surface area (Å²) in [5.74, 6) is 0.646. The molecule has 1 N–H and O–H groups in total. The number of nitrogens with zero attached hydrogens (tertiary/aromatic N) is 1. The molecule has 1 aromatic carbocycles. The van der Waals surface area contributed by atoms with E-state index in [4.69, 9.17) is 0 Å². The first kappa shape index (κ1) is 13.1. The van der Waals surface area contributed by atoms with Gasteiger partial charge in [0, 0.05) is 12.0 Å². The van der Waals surface area contributed by atoms with Gasteiger partial charge < -0.3 is 5.11 Å². The van der Waals surface area contributed by atoms with E-state index in [1.807, 2.05) is 0 Å². The van der Waals surface area contributed by atoms with Gasteiger partial charge in [-0.2, -0.15) is 0 Å². The molecule has 110 valence electrons. The summed E-state index contributed by atoms with van der Waals surface area (Å²) in [7, 11) is 0. The summed E-state index contributed by atoms with van der Waals surface area (Å²) in [6.07, 6.45) is 8.67. The van der Waals surface area contributed by atoms with Crippen LogP contribution in [0.4, 0.5) is 0 Å². The number of hydrogen-bond donors (Lipinski definition) is 1. The van der Waals surface area contributed by atoms with Crippen LogP contribution in [0.2, 0.25) is 0 Å². The van der Waals surface area contributed by atoms with Crippen molar-refractivity contribution in [3.63, 3.8) is 0 Å². The highest BCUT2D eigenvalue weighted by Crippen LogP contribution is 2.50. The van der Waals surface area contributed by atoms with Gasteiger partial charge in [-0.15, -0.1) is 0 Å². The maximum Gasteiger partial charge on any atom is 0.302 e. The number of quaternary nitrogens is 1. The molecule has 0 atom stereocenters. The Morgan fingerprint density at radius 2 is 1.52 bits per heavy atom. The van der Waals surface area contributed by atoms with Gasteiger partial charge in [-0.1, -0.05) is 30.3 Å². The number of piperidine rings is 1. The van der Waals surface area contributed by atoms with Crippen LogP contribution in [0.25, 0.3) is 5.57 Å². The summed E-state index contributed by atoms with van der Waals surface area (Å²) < 4.78 is 0.791. The van der Waals surface area contributed by atoms with Crippen molar-refractivity contribution in [3.05, 3.63) is 53.0 Å². The second-order valence-electron chi connectivity index (χ2n) is 6.67. The zero-order chi connectivity index (χ0) is 14.3. The minimum atomic E-state index is 0.646. The van der Waals surface area contributed by atoms with Gasteiger partial charge in [-0.3, -0.25) is 0 Å². The molecule has 4 rings (SSSR count). The number of fused-ring (bicyclic) bond motifs is 1. The van der Waals surface area contributed by atoms with Crippen molar-refractivity contribution in [2.75, 3.05) is 13.1 Å². The van der Waals surface area contributed by atoms with Crippen LogP contribution in [0.3, 0.4) is 0 Å². The lowest BCUT2D eigenvalue weighted by atomic mass is 9.89. The average molecular weight is 282 g/mol. The molecule has 0 radical (unpaired) electrons. The van der Waals surface area contributed by atoms with E-state index in [1.165, 1.54) is 55.4 Å². The van der Waals surface area contributed by atoms with Gasteiger partial charge in [0.2, 0.25) is 0 Å². The minimum Gasteiger partial charge on any atom is -0.467 e. The van der Waals surface area contributed by atoms with Crippen LogP contribution >= 0.6 is 0 Å². The summed E-state index contributed by atoms with van der Waals surface area (Å²) in [5, 5.41) is 11.2. The molecule has 2 aliphatic heterocycles. The molecule has 1 aromatic rings. The molecule has 1 aliphatic carbocycles. The Balaban J connectivity index is 1.89. The Bertz CT molecular complexity index is 606. The van der Waals surface area contributed by atoms with Gasteiger partial charge in [0.25, 0.3) is 0 Å². The van der Waals surface area contributed by atoms with Crippen LogP contribution in [0.15, 0.2) is 47.5 Å². The minimum absolute atomic E-state index is 0.646. The number of benzene rings is 1. The Morgan fingerprint density at radius 1 is 0.810 bits per heavy atom. The third-order valence-electron chi connectivity index (χ3n) is 5.53.